The molecular formula is C18H17FN4O3S. The summed E-state index contributed by atoms with van der Waals surface area (Å²) in [6.07, 6.45) is 1.90. The molecule has 1 saturated heterocycles. The summed E-state index contributed by atoms with van der Waals surface area (Å²) >= 11 is 1.35. The first kappa shape index (κ1) is 17.7. The Hall–Kier alpha value is -2.65. The van der Waals surface area contributed by atoms with Gasteiger partial charge in [-0.25, -0.2) is 14.2 Å². The number of thiazole rings is 1. The Morgan fingerprint density at radius 1 is 1.41 bits per heavy atom. The number of carbonyl (C=O) groups is 1. The van der Waals surface area contributed by atoms with Crippen molar-refractivity contribution in [2.45, 2.75) is 25.3 Å². The van der Waals surface area contributed by atoms with E-state index in [1.54, 1.807) is 17.5 Å². The van der Waals surface area contributed by atoms with Gasteiger partial charge in [0.25, 0.3) is 0 Å². The van der Waals surface area contributed by atoms with Crippen LogP contribution >= 0.6 is 11.3 Å². The van der Waals surface area contributed by atoms with Crippen LogP contribution in [0, 0.1) is 5.82 Å². The van der Waals surface area contributed by atoms with Gasteiger partial charge in [-0.1, -0.05) is 17.3 Å². The summed E-state index contributed by atoms with van der Waals surface area (Å²) in [5.41, 5.74) is 0.668. The van der Waals surface area contributed by atoms with Gasteiger partial charge >= 0.3 is 5.97 Å². The lowest BCUT2D eigenvalue weighted by molar-refractivity contribution is 0.0691. The van der Waals surface area contributed by atoms with Crippen LogP contribution in [0.3, 0.4) is 0 Å². The lowest BCUT2D eigenvalue weighted by atomic mass is 9.98. The molecule has 1 aromatic carbocycles. The van der Waals surface area contributed by atoms with Crippen molar-refractivity contribution in [1.29, 1.82) is 0 Å². The maximum absolute atomic E-state index is 13.4. The number of benzene rings is 1. The highest BCUT2D eigenvalue weighted by atomic mass is 32.1. The van der Waals surface area contributed by atoms with E-state index in [-0.39, 0.29) is 17.4 Å². The number of carboxylic acid groups (broad SMARTS) is 1. The molecule has 0 aliphatic carbocycles. The number of aromatic nitrogens is 3. The molecule has 0 bridgehead atoms. The van der Waals surface area contributed by atoms with E-state index in [9.17, 15) is 9.18 Å². The van der Waals surface area contributed by atoms with Gasteiger partial charge in [-0.2, -0.15) is 4.98 Å². The molecule has 1 atom stereocenters. The molecule has 0 radical (unpaired) electrons. The lowest BCUT2D eigenvalue weighted by Gasteiger charge is -2.30. The first-order valence-electron chi connectivity index (χ1n) is 8.58. The van der Waals surface area contributed by atoms with E-state index in [4.69, 9.17) is 9.63 Å². The Morgan fingerprint density at radius 2 is 2.30 bits per heavy atom. The number of halogens is 1. The Balaban J connectivity index is 1.44. The van der Waals surface area contributed by atoms with E-state index in [0.29, 0.717) is 23.8 Å². The molecule has 1 unspecified atom stereocenters. The van der Waals surface area contributed by atoms with E-state index in [0.717, 1.165) is 30.9 Å². The highest BCUT2D eigenvalue weighted by Gasteiger charge is 2.27. The van der Waals surface area contributed by atoms with Gasteiger partial charge in [-0.3, -0.25) is 4.90 Å². The minimum absolute atomic E-state index is 0.0835. The molecule has 0 saturated carbocycles. The maximum atomic E-state index is 13.4. The van der Waals surface area contributed by atoms with Crippen molar-refractivity contribution in [2.24, 2.45) is 0 Å². The van der Waals surface area contributed by atoms with E-state index in [1.807, 2.05) is 0 Å². The molecule has 1 fully saturated rings. The summed E-state index contributed by atoms with van der Waals surface area (Å²) < 4.78 is 18.8. The molecule has 9 heteroatoms. The average Bonchev–Trinajstić information content (AvgIpc) is 3.32. The largest absolute Gasteiger partial charge is 0.476 e. The van der Waals surface area contributed by atoms with Crippen LogP contribution in [0.15, 0.2) is 34.2 Å². The minimum atomic E-state index is -1.01. The number of rotatable bonds is 5. The number of hydrogen-bond donors (Lipinski definition) is 1. The van der Waals surface area contributed by atoms with Crippen molar-refractivity contribution < 1.29 is 18.8 Å². The van der Waals surface area contributed by atoms with Crippen LogP contribution in [0.5, 0.6) is 0 Å². The van der Waals surface area contributed by atoms with E-state index >= 15 is 0 Å². The molecule has 2 aromatic heterocycles. The molecule has 27 heavy (non-hydrogen) atoms. The number of aromatic carboxylic acids is 1. The third kappa shape index (κ3) is 4.04. The van der Waals surface area contributed by atoms with Gasteiger partial charge in [0, 0.05) is 17.5 Å². The molecule has 1 N–H and O–H groups in total. The molecule has 3 heterocycles. The quantitative estimate of drug-likeness (QED) is 0.716. The molecular weight excluding hydrogens is 371 g/mol. The minimum Gasteiger partial charge on any atom is -0.476 e. The monoisotopic (exact) mass is 388 g/mol. The fourth-order valence-corrected chi connectivity index (χ4v) is 4.03. The summed E-state index contributed by atoms with van der Waals surface area (Å²) in [4.78, 5) is 21.8. The standard InChI is InChI=1S/C18H17FN4O3S/c19-13-5-1-3-11(7-13)16-21-17(26-22-16)12-4-2-6-23(8-12)9-15-20-14(10-27-15)18(24)25/h1,3,5,7,10,12H,2,4,6,8-9H2,(H,24,25). The van der Waals surface area contributed by atoms with Crippen molar-refractivity contribution in [3.63, 3.8) is 0 Å². The molecule has 1 aliphatic rings. The molecule has 3 aromatic rings. The second-order valence-electron chi connectivity index (χ2n) is 6.47. The van der Waals surface area contributed by atoms with Gasteiger partial charge in [0.1, 0.15) is 10.8 Å². The highest BCUT2D eigenvalue weighted by molar-refractivity contribution is 7.09. The number of nitrogens with zero attached hydrogens (tertiary/aromatic N) is 4. The van der Waals surface area contributed by atoms with Crippen molar-refractivity contribution in [3.05, 3.63) is 52.1 Å². The van der Waals surface area contributed by atoms with E-state index in [1.165, 1.54) is 23.5 Å². The first-order chi connectivity index (χ1) is 13.1. The van der Waals surface area contributed by atoms with Crippen LogP contribution in [0.1, 0.15) is 40.1 Å². The topological polar surface area (TPSA) is 92.3 Å². The first-order valence-corrected chi connectivity index (χ1v) is 9.46. The zero-order valence-corrected chi connectivity index (χ0v) is 15.2. The van der Waals surface area contributed by atoms with E-state index < -0.39 is 5.97 Å². The zero-order valence-electron chi connectivity index (χ0n) is 14.3. The SMILES string of the molecule is O=C(O)c1csc(CN2CCCC(c3nc(-c4cccc(F)c4)no3)C2)n1. The summed E-state index contributed by atoms with van der Waals surface area (Å²) in [5.74, 6) is -0.332. The van der Waals surface area contributed by atoms with Gasteiger partial charge in [-0.15, -0.1) is 11.3 Å². The van der Waals surface area contributed by atoms with Gasteiger partial charge in [0.05, 0.1) is 12.5 Å². The van der Waals surface area contributed by atoms with Crippen molar-refractivity contribution in [3.8, 4) is 11.4 Å². The second kappa shape index (κ2) is 7.53. The van der Waals surface area contributed by atoms with Crippen LogP contribution in [0.25, 0.3) is 11.4 Å². The third-order valence-electron chi connectivity index (χ3n) is 4.51. The Bertz CT molecular complexity index is 957. The highest BCUT2D eigenvalue weighted by Crippen LogP contribution is 2.28. The second-order valence-corrected chi connectivity index (χ2v) is 7.42. The van der Waals surface area contributed by atoms with Crippen molar-refractivity contribution in [2.75, 3.05) is 13.1 Å². The third-order valence-corrected chi connectivity index (χ3v) is 5.34. The van der Waals surface area contributed by atoms with Crippen LogP contribution in [-0.4, -0.2) is 44.2 Å². The predicted octanol–water partition coefficient (Wildman–Crippen LogP) is 3.41. The van der Waals surface area contributed by atoms with Gasteiger partial charge in [0.2, 0.25) is 11.7 Å². The van der Waals surface area contributed by atoms with Gasteiger partial charge in [-0.05, 0) is 31.5 Å². The summed E-state index contributed by atoms with van der Waals surface area (Å²) in [6, 6.07) is 6.11. The molecule has 140 valence electrons. The van der Waals surface area contributed by atoms with Crippen LogP contribution in [0.2, 0.25) is 0 Å². The van der Waals surface area contributed by atoms with Gasteiger partial charge in [0.15, 0.2) is 5.69 Å². The zero-order chi connectivity index (χ0) is 18.8. The molecule has 4 rings (SSSR count). The molecule has 7 nitrogen and oxygen atoms in total. The summed E-state index contributed by atoms with van der Waals surface area (Å²) in [5, 5.41) is 15.3. The number of likely N-dealkylation sites (tertiary alicyclic amines) is 1. The van der Waals surface area contributed by atoms with Crippen molar-refractivity contribution >= 4 is 17.3 Å². The normalized spacial score (nSPS) is 17.9. The van der Waals surface area contributed by atoms with Crippen LogP contribution < -0.4 is 0 Å². The fraction of sp³-hybridized carbons (Fsp3) is 0.333. The molecule has 0 spiro atoms. The summed E-state index contributed by atoms with van der Waals surface area (Å²) in [7, 11) is 0. The molecule has 1 aliphatic heterocycles. The Labute approximate surface area is 158 Å². The number of piperidine rings is 1. The lowest BCUT2D eigenvalue weighted by Crippen LogP contribution is -2.34. The predicted molar refractivity (Wildman–Crippen MR) is 96.0 cm³/mol. The molecule has 0 amide bonds. The maximum Gasteiger partial charge on any atom is 0.355 e. The van der Waals surface area contributed by atoms with E-state index in [2.05, 4.69) is 20.0 Å². The number of carboxylic acids is 1. The van der Waals surface area contributed by atoms with Crippen LogP contribution in [0.4, 0.5) is 4.39 Å². The van der Waals surface area contributed by atoms with Crippen molar-refractivity contribution in [1.82, 2.24) is 20.0 Å². The number of hydrogen-bond acceptors (Lipinski definition) is 7. The van der Waals surface area contributed by atoms with Gasteiger partial charge < -0.3 is 9.63 Å². The Kier molecular flexibility index (Phi) is 4.95. The smallest absolute Gasteiger partial charge is 0.355 e. The summed E-state index contributed by atoms with van der Waals surface area (Å²) in [6.45, 7) is 2.23. The van der Waals surface area contributed by atoms with Crippen LogP contribution in [-0.2, 0) is 6.54 Å². The Morgan fingerprint density at radius 3 is 3.07 bits per heavy atom. The fourth-order valence-electron chi connectivity index (χ4n) is 3.22. The average molecular weight is 388 g/mol.